The molecule has 0 atom stereocenters. The van der Waals surface area contributed by atoms with E-state index < -0.39 is 0 Å². The molecular weight excluding hydrogens is 309 g/mol. The molecule has 1 aromatic rings. The van der Waals surface area contributed by atoms with Crippen LogP contribution in [0.4, 0.5) is 4.39 Å². The second kappa shape index (κ2) is 5.59. The predicted octanol–water partition coefficient (Wildman–Crippen LogP) is 3.13. The van der Waals surface area contributed by atoms with Crippen molar-refractivity contribution in [3.8, 4) is 0 Å². The average Bonchev–Trinajstić information content (AvgIpc) is 2.35. The summed E-state index contributed by atoms with van der Waals surface area (Å²) in [5.74, 6) is 0.0635. The fourth-order valence-corrected chi connectivity index (χ4v) is 2.84. The van der Waals surface area contributed by atoms with Gasteiger partial charge in [-0.2, -0.15) is 0 Å². The summed E-state index contributed by atoms with van der Waals surface area (Å²) < 4.78 is 13.8. The molecule has 0 radical (unpaired) electrons. The van der Waals surface area contributed by atoms with Gasteiger partial charge in [-0.05, 0) is 43.6 Å². The Labute approximate surface area is 121 Å². The van der Waals surface area contributed by atoms with Crippen molar-refractivity contribution in [1.29, 1.82) is 5.41 Å². The second-order valence-corrected chi connectivity index (χ2v) is 6.34. The molecule has 5 heteroatoms. The Morgan fingerprint density at radius 2 is 2.11 bits per heavy atom. The Balaban J connectivity index is 1.98. The number of hydrogen-bond acceptors (Lipinski definition) is 2. The maximum Gasteiger partial charge on any atom is 0.124 e. The SMILES string of the molecule is CC1(C(=N)N)CCN(Cc2ccc(F)cc2Br)CC1. The molecule has 1 aliphatic heterocycles. The van der Waals surface area contributed by atoms with E-state index in [1.54, 1.807) is 0 Å². The summed E-state index contributed by atoms with van der Waals surface area (Å²) in [5.41, 5.74) is 6.59. The summed E-state index contributed by atoms with van der Waals surface area (Å²) in [6, 6.07) is 4.81. The van der Waals surface area contributed by atoms with Crippen LogP contribution in [0.15, 0.2) is 22.7 Å². The fraction of sp³-hybridized carbons (Fsp3) is 0.500. The minimum atomic E-state index is -0.224. The van der Waals surface area contributed by atoms with E-state index in [1.807, 2.05) is 6.07 Å². The summed E-state index contributed by atoms with van der Waals surface area (Å²) in [7, 11) is 0. The highest BCUT2D eigenvalue weighted by molar-refractivity contribution is 9.10. The van der Waals surface area contributed by atoms with E-state index in [0.29, 0.717) is 0 Å². The number of piperidine rings is 1. The number of benzene rings is 1. The van der Waals surface area contributed by atoms with Crippen molar-refractivity contribution < 1.29 is 4.39 Å². The molecule has 0 spiro atoms. The molecule has 0 aromatic heterocycles. The largest absolute Gasteiger partial charge is 0.387 e. The number of amidine groups is 1. The van der Waals surface area contributed by atoms with E-state index in [1.165, 1.54) is 12.1 Å². The third-order valence-corrected chi connectivity index (χ3v) is 4.76. The van der Waals surface area contributed by atoms with Crippen LogP contribution in [0.25, 0.3) is 0 Å². The lowest BCUT2D eigenvalue weighted by Crippen LogP contribution is -2.44. The Bertz CT molecular complexity index is 482. The maximum absolute atomic E-state index is 13.0. The molecule has 0 aliphatic carbocycles. The van der Waals surface area contributed by atoms with Gasteiger partial charge < -0.3 is 5.73 Å². The normalized spacial score (nSPS) is 19.3. The van der Waals surface area contributed by atoms with Gasteiger partial charge in [0.2, 0.25) is 0 Å². The highest BCUT2D eigenvalue weighted by Crippen LogP contribution is 2.31. The van der Waals surface area contributed by atoms with Crippen LogP contribution in [0.3, 0.4) is 0 Å². The number of hydrogen-bond donors (Lipinski definition) is 2. The first-order chi connectivity index (χ1) is 8.90. The van der Waals surface area contributed by atoms with Crippen LogP contribution in [-0.4, -0.2) is 23.8 Å². The second-order valence-electron chi connectivity index (χ2n) is 5.49. The van der Waals surface area contributed by atoms with Gasteiger partial charge in [0.1, 0.15) is 5.82 Å². The van der Waals surface area contributed by atoms with E-state index in [9.17, 15) is 4.39 Å². The first-order valence-electron chi connectivity index (χ1n) is 6.41. The van der Waals surface area contributed by atoms with Gasteiger partial charge in [0.15, 0.2) is 0 Å². The number of nitrogens with two attached hydrogens (primary N) is 1. The highest BCUT2D eigenvalue weighted by atomic mass is 79.9. The van der Waals surface area contributed by atoms with Crippen molar-refractivity contribution in [2.45, 2.75) is 26.3 Å². The lowest BCUT2D eigenvalue weighted by molar-refractivity contribution is 0.155. The highest BCUT2D eigenvalue weighted by Gasteiger charge is 2.32. The summed E-state index contributed by atoms with van der Waals surface area (Å²) in [6.07, 6.45) is 1.81. The topological polar surface area (TPSA) is 53.1 Å². The maximum atomic E-state index is 13.0. The minimum absolute atomic E-state index is 0.156. The minimum Gasteiger partial charge on any atom is -0.387 e. The van der Waals surface area contributed by atoms with E-state index in [0.717, 1.165) is 42.5 Å². The quantitative estimate of drug-likeness (QED) is 0.662. The van der Waals surface area contributed by atoms with Gasteiger partial charge in [0.05, 0.1) is 5.84 Å². The number of nitrogens with one attached hydrogen (secondary N) is 1. The third kappa shape index (κ3) is 3.34. The van der Waals surface area contributed by atoms with Crippen molar-refractivity contribution in [2.75, 3.05) is 13.1 Å². The lowest BCUT2D eigenvalue weighted by Gasteiger charge is -2.38. The molecule has 1 heterocycles. The van der Waals surface area contributed by atoms with E-state index in [2.05, 4.69) is 27.8 Å². The van der Waals surface area contributed by atoms with Crippen molar-refractivity contribution in [3.63, 3.8) is 0 Å². The van der Waals surface area contributed by atoms with Gasteiger partial charge in [-0.15, -0.1) is 0 Å². The standard InChI is InChI=1S/C14H19BrFN3/c1-14(13(17)18)4-6-19(7-5-14)9-10-2-3-11(16)8-12(10)15/h2-3,8H,4-7,9H2,1H3,(H3,17,18). The summed E-state index contributed by atoms with van der Waals surface area (Å²) >= 11 is 3.40. The zero-order valence-corrected chi connectivity index (χ0v) is 12.6. The Morgan fingerprint density at radius 3 is 2.63 bits per heavy atom. The van der Waals surface area contributed by atoms with Crippen molar-refractivity contribution in [3.05, 3.63) is 34.1 Å². The molecule has 0 bridgehead atoms. The third-order valence-electron chi connectivity index (χ3n) is 4.02. The van der Waals surface area contributed by atoms with Gasteiger partial charge in [0, 0.05) is 16.4 Å². The average molecular weight is 328 g/mol. The first-order valence-corrected chi connectivity index (χ1v) is 7.21. The fourth-order valence-electron chi connectivity index (χ4n) is 2.36. The monoisotopic (exact) mass is 327 g/mol. The van der Waals surface area contributed by atoms with Gasteiger partial charge >= 0.3 is 0 Å². The van der Waals surface area contributed by atoms with Crippen LogP contribution in [0.5, 0.6) is 0 Å². The van der Waals surface area contributed by atoms with Crippen molar-refractivity contribution in [2.24, 2.45) is 11.1 Å². The summed E-state index contributed by atoms with van der Waals surface area (Å²) in [4.78, 5) is 2.32. The molecule has 0 saturated carbocycles. The zero-order chi connectivity index (χ0) is 14.0. The van der Waals surface area contributed by atoms with Crippen LogP contribution in [-0.2, 0) is 6.54 Å². The molecule has 0 unspecified atom stereocenters. The predicted molar refractivity (Wildman–Crippen MR) is 78.6 cm³/mol. The van der Waals surface area contributed by atoms with Gasteiger partial charge in [0.25, 0.3) is 0 Å². The lowest BCUT2D eigenvalue weighted by atomic mass is 9.79. The van der Waals surface area contributed by atoms with Crippen LogP contribution < -0.4 is 5.73 Å². The first kappa shape index (κ1) is 14.5. The van der Waals surface area contributed by atoms with Gasteiger partial charge in [-0.3, -0.25) is 10.3 Å². The molecule has 19 heavy (non-hydrogen) atoms. The van der Waals surface area contributed by atoms with Crippen LogP contribution >= 0.6 is 15.9 Å². The van der Waals surface area contributed by atoms with Crippen molar-refractivity contribution >= 4 is 21.8 Å². The smallest absolute Gasteiger partial charge is 0.124 e. The molecule has 1 fully saturated rings. The molecule has 3 N–H and O–H groups in total. The number of rotatable bonds is 3. The van der Waals surface area contributed by atoms with Crippen LogP contribution in [0.2, 0.25) is 0 Å². The number of halogens is 2. The van der Waals surface area contributed by atoms with Gasteiger partial charge in [-0.25, -0.2) is 4.39 Å². The van der Waals surface area contributed by atoms with Crippen LogP contribution in [0, 0.1) is 16.6 Å². The summed E-state index contributed by atoms with van der Waals surface area (Å²) in [5, 5.41) is 7.64. The number of likely N-dealkylation sites (tertiary alicyclic amines) is 1. The summed E-state index contributed by atoms with van der Waals surface area (Å²) in [6.45, 7) is 4.69. The van der Waals surface area contributed by atoms with Crippen LogP contribution in [0.1, 0.15) is 25.3 Å². The molecule has 1 aromatic carbocycles. The molecule has 0 amide bonds. The Kier molecular flexibility index (Phi) is 4.26. The van der Waals surface area contributed by atoms with E-state index >= 15 is 0 Å². The van der Waals surface area contributed by atoms with Crippen molar-refractivity contribution in [1.82, 2.24) is 4.90 Å². The molecule has 2 rings (SSSR count). The molecule has 104 valence electrons. The molecule has 3 nitrogen and oxygen atoms in total. The molecular formula is C14H19BrFN3. The Hall–Kier alpha value is -0.940. The molecule has 1 saturated heterocycles. The zero-order valence-electron chi connectivity index (χ0n) is 11.0. The molecule has 1 aliphatic rings. The Morgan fingerprint density at radius 1 is 1.47 bits per heavy atom. The van der Waals surface area contributed by atoms with E-state index in [4.69, 9.17) is 11.1 Å². The van der Waals surface area contributed by atoms with E-state index in [-0.39, 0.29) is 17.1 Å². The number of nitrogens with zero attached hydrogens (tertiary/aromatic N) is 1. The van der Waals surface area contributed by atoms with Gasteiger partial charge in [-0.1, -0.05) is 28.9 Å².